The fourth-order valence-electron chi connectivity index (χ4n) is 2.18. The van der Waals surface area contributed by atoms with Gasteiger partial charge in [0.15, 0.2) is 0 Å². The van der Waals surface area contributed by atoms with E-state index in [1.807, 2.05) is 6.08 Å². The predicted molar refractivity (Wildman–Crippen MR) is 68.0 cm³/mol. The van der Waals surface area contributed by atoms with Gasteiger partial charge in [0.2, 0.25) is 0 Å². The largest absolute Gasteiger partial charge is 0.168 e. The van der Waals surface area contributed by atoms with E-state index in [2.05, 4.69) is 13.2 Å². The maximum absolute atomic E-state index is 4.82. The normalized spacial score (nSPS) is 22.9. The highest BCUT2D eigenvalue weighted by atomic mass is 32.1. The van der Waals surface area contributed by atoms with Crippen molar-refractivity contribution in [1.29, 1.82) is 0 Å². The van der Waals surface area contributed by atoms with E-state index in [4.69, 9.17) is 12.6 Å². The van der Waals surface area contributed by atoms with Crippen molar-refractivity contribution in [2.24, 2.45) is 0 Å². The zero-order valence-electron chi connectivity index (χ0n) is 9.10. The van der Waals surface area contributed by atoms with E-state index >= 15 is 0 Å². The van der Waals surface area contributed by atoms with Gasteiger partial charge in [0, 0.05) is 4.75 Å². The molecule has 0 N–H and O–H groups in total. The molecule has 0 heterocycles. The Hall–Kier alpha value is -0.170. The molecule has 0 saturated heterocycles. The minimum absolute atomic E-state index is 0.0338. The van der Waals surface area contributed by atoms with E-state index in [0.717, 1.165) is 5.57 Å². The SMILES string of the molecule is C=CC(=C)C1(S)CCCCCCCC1. The number of hydrogen-bond acceptors (Lipinski definition) is 1. The first-order chi connectivity index (χ1) is 6.69. The van der Waals surface area contributed by atoms with Gasteiger partial charge in [-0.3, -0.25) is 0 Å². The minimum atomic E-state index is 0.0338. The first-order valence-electron chi connectivity index (χ1n) is 5.73. The molecular formula is C13H22S. The topological polar surface area (TPSA) is 0 Å². The summed E-state index contributed by atoms with van der Waals surface area (Å²) in [6, 6.07) is 0. The fourth-order valence-corrected chi connectivity index (χ4v) is 2.59. The van der Waals surface area contributed by atoms with Gasteiger partial charge >= 0.3 is 0 Å². The summed E-state index contributed by atoms with van der Waals surface area (Å²) in [5, 5.41) is 0. The molecule has 1 rings (SSSR count). The molecule has 0 unspecified atom stereocenters. The third-order valence-corrected chi connectivity index (χ3v) is 4.01. The molecule has 0 aliphatic heterocycles. The third kappa shape index (κ3) is 3.20. The molecule has 1 aliphatic rings. The van der Waals surface area contributed by atoms with Crippen LogP contribution in [0.1, 0.15) is 51.4 Å². The lowest BCUT2D eigenvalue weighted by Crippen LogP contribution is -2.22. The van der Waals surface area contributed by atoms with Crippen LogP contribution in [0, 0.1) is 0 Å². The lowest BCUT2D eigenvalue weighted by molar-refractivity contribution is 0.542. The summed E-state index contributed by atoms with van der Waals surface area (Å²) in [4.78, 5) is 0. The van der Waals surface area contributed by atoms with Gasteiger partial charge in [-0.1, -0.05) is 57.8 Å². The first-order valence-corrected chi connectivity index (χ1v) is 6.18. The summed E-state index contributed by atoms with van der Waals surface area (Å²) in [5.41, 5.74) is 1.11. The van der Waals surface area contributed by atoms with Crippen molar-refractivity contribution >= 4 is 12.6 Å². The van der Waals surface area contributed by atoms with Crippen molar-refractivity contribution < 1.29 is 0 Å². The second-order valence-corrected chi connectivity index (χ2v) is 5.24. The van der Waals surface area contributed by atoms with Gasteiger partial charge in [0.25, 0.3) is 0 Å². The van der Waals surface area contributed by atoms with Crippen LogP contribution in [0.25, 0.3) is 0 Å². The molecule has 0 amide bonds. The van der Waals surface area contributed by atoms with Gasteiger partial charge in [-0.15, -0.1) is 0 Å². The molecule has 0 spiro atoms. The molecule has 0 radical (unpaired) electrons. The number of rotatable bonds is 2. The highest BCUT2D eigenvalue weighted by Gasteiger charge is 2.26. The van der Waals surface area contributed by atoms with Crippen molar-refractivity contribution in [1.82, 2.24) is 0 Å². The summed E-state index contributed by atoms with van der Waals surface area (Å²) in [7, 11) is 0. The Bertz CT molecular complexity index is 195. The quantitative estimate of drug-likeness (QED) is 0.502. The average molecular weight is 210 g/mol. The standard InChI is InChI=1S/C13H22S/c1-3-12(2)13(14)10-8-6-4-5-7-9-11-13/h3,14H,1-2,4-11H2. The average Bonchev–Trinajstić information content (AvgIpc) is 2.30. The van der Waals surface area contributed by atoms with Gasteiger partial charge in [0.05, 0.1) is 0 Å². The van der Waals surface area contributed by atoms with Crippen LogP contribution in [0.4, 0.5) is 0 Å². The van der Waals surface area contributed by atoms with Gasteiger partial charge < -0.3 is 0 Å². The molecule has 14 heavy (non-hydrogen) atoms. The van der Waals surface area contributed by atoms with E-state index < -0.39 is 0 Å². The van der Waals surface area contributed by atoms with Crippen LogP contribution in [0.5, 0.6) is 0 Å². The number of hydrogen-bond donors (Lipinski definition) is 1. The van der Waals surface area contributed by atoms with Crippen molar-refractivity contribution in [3.63, 3.8) is 0 Å². The molecule has 1 fully saturated rings. The van der Waals surface area contributed by atoms with Crippen molar-refractivity contribution in [3.8, 4) is 0 Å². The summed E-state index contributed by atoms with van der Waals surface area (Å²) < 4.78 is 0.0338. The van der Waals surface area contributed by atoms with Crippen molar-refractivity contribution in [3.05, 3.63) is 24.8 Å². The first kappa shape index (κ1) is 11.9. The van der Waals surface area contributed by atoms with Gasteiger partial charge in [-0.2, -0.15) is 12.6 Å². The van der Waals surface area contributed by atoms with Crippen LogP contribution < -0.4 is 0 Å². The second-order valence-electron chi connectivity index (χ2n) is 4.38. The van der Waals surface area contributed by atoms with E-state index in [0.29, 0.717) is 0 Å². The Morgan fingerprint density at radius 3 is 1.86 bits per heavy atom. The Morgan fingerprint density at radius 1 is 1.00 bits per heavy atom. The maximum atomic E-state index is 4.82. The highest BCUT2D eigenvalue weighted by Crippen LogP contribution is 2.36. The van der Waals surface area contributed by atoms with Crippen LogP contribution in [0.2, 0.25) is 0 Å². The molecule has 0 aromatic heterocycles. The highest BCUT2D eigenvalue weighted by molar-refractivity contribution is 7.82. The van der Waals surface area contributed by atoms with E-state index in [1.54, 1.807) is 0 Å². The molecule has 80 valence electrons. The predicted octanol–water partition coefficient (Wildman–Crippen LogP) is 4.53. The fraction of sp³-hybridized carbons (Fsp3) is 0.692. The monoisotopic (exact) mass is 210 g/mol. The number of allylic oxidation sites excluding steroid dienone is 1. The minimum Gasteiger partial charge on any atom is -0.168 e. The Morgan fingerprint density at radius 2 is 1.43 bits per heavy atom. The second kappa shape index (κ2) is 5.65. The van der Waals surface area contributed by atoms with Crippen LogP contribution >= 0.6 is 12.6 Å². The molecule has 1 saturated carbocycles. The van der Waals surface area contributed by atoms with Crippen molar-refractivity contribution in [2.75, 3.05) is 0 Å². The Balaban J connectivity index is 2.61. The molecular weight excluding hydrogens is 188 g/mol. The summed E-state index contributed by atoms with van der Waals surface area (Å²) in [6.45, 7) is 7.89. The molecule has 0 aromatic carbocycles. The van der Waals surface area contributed by atoms with E-state index in [-0.39, 0.29) is 4.75 Å². The third-order valence-electron chi connectivity index (χ3n) is 3.27. The number of thiol groups is 1. The summed E-state index contributed by atoms with van der Waals surface area (Å²) in [5.74, 6) is 0. The van der Waals surface area contributed by atoms with Crippen molar-refractivity contribution in [2.45, 2.75) is 56.1 Å². The van der Waals surface area contributed by atoms with Gasteiger partial charge in [-0.05, 0) is 18.4 Å². The Labute approximate surface area is 93.9 Å². The molecule has 0 aromatic rings. The summed E-state index contributed by atoms with van der Waals surface area (Å²) in [6.07, 6.45) is 12.3. The van der Waals surface area contributed by atoms with Crippen LogP contribution in [0.15, 0.2) is 24.8 Å². The zero-order valence-corrected chi connectivity index (χ0v) is 9.99. The summed E-state index contributed by atoms with van der Waals surface area (Å²) >= 11 is 4.82. The lowest BCUT2D eigenvalue weighted by Gasteiger charge is -2.29. The molecule has 0 atom stereocenters. The van der Waals surface area contributed by atoms with Crippen LogP contribution in [-0.2, 0) is 0 Å². The lowest BCUT2D eigenvalue weighted by atomic mass is 9.89. The maximum Gasteiger partial charge on any atom is 0.0372 e. The zero-order chi connectivity index (χ0) is 10.4. The van der Waals surface area contributed by atoms with Crippen LogP contribution in [-0.4, -0.2) is 4.75 Å². The smallest absolute Gasteiger partial charge is 0.0372 e. The van der Waals surface area contributed by atoms with E-state index in [9.17, 15) is 0 Å². The molecule has 0 nitrogen and oxygen atoms in total. The van der Waals surface area contributed by atoms with Crippen LogP contribution in [0.3, 0.4) is 0 Å². The van der Waals surface area contributed by atoms with Gasteiger partial charge in [-0.25, -0.2) is 0 Å². The van der Waals surface area contributed by atoms with Gasteiger partial charge in [0.1, 0.15) is 0 Å². The molecule has 1 heteroatoms. The molecule has 1 aliphatic carbocycles. The van der Waals surface area contributed by atoms with E-state index in [1.165, 1.54) is 51.4 Å². The molecule has 0 bridgehead atoms. The Kier molecular flexibility index (Phi) is 4.80.